The minimum Gasteiger partial charge on any atom is -0.480 e. The Labute approximate surface area is 99.1 Å². The standard InChI is InChI=1S/C7H13NO5S.Ni/c1-2-3-8-6(7(10)11)5(4-9)14(12)13;/h6,8-9H,2-4H2,1H3,(H,10,11);/t6-;/m0./s1. The van der Waals surface area contributed by atoms with Gasteiger partial charge in [0, 0.05) is 16.5 Å². The zero-order valence-corrected chi connectivity index (χ0v) is 9.85. The molecule has 15 heavy (non-hydrogen) atoms. The number of carboxylic acids is 1. The zero-order chi connectivity index (χ0) is 11.1. The van der Waals surface area contributed by atoms with Crippen molar-refractivity contribution in [1.29, 1.82) is 0 Å². The molecule has 0 fully saturated rings. The summed E-state index contributed by atoms with van der Waals surface area (Å²) in [6.45, 7) is 1.40. The molecule has 0 saturated heterocycles. The molecular weight excluding hydrogens is 269 g/mol. The number of aliphatic hydroxyl groups excluding tert-OH is 1. The summed E-state index contributed by atoms with van der Waals surface area (Å²) >= 11 is 0. The fraction of sp³-hybridized carbons (Fsp3) is 0.714. The van der Waals surface area contributed by atoms with Crippen LogP contribution in [0.1, 0.15) is 13.3 Å². The van der Waals surface area contributed by atoms with Gasteiger partial charge in [-0.1, -0.05) is 6.92 Å². The monoisotopic (exact) mass is 281 g/mol. The first kappa shape index (κ1) is 17.0. The third-order valence-electron chi connectivity index (χ3n) is 1.54. The Morgan fingerprint density at radius 2 is 2.00 bits per heavy atom. The summed E-state index contributed by atoms with van der Waals surface area (Å²) in [4.78, 5) is 10.2. The van der Waals surface area contributed by atoms with Crippen molar-refractivity contribution < 1.29 is 39.9 Å². The number of nitrogens with one attached hydrogen (secondary N) is 1. The van der Waals surface area contributed by atoms with E-state index in [0.717, 1.165) is 0 Å². The number of aliphatic carboxylic acids is 1. The molecule has 0 aliphatic heterocycles. The van der Waals surface area contributed by atoms with Crippen LogP contribution >= 0.6 is 0 Å². The maximum atomic E-state index is 10.6. The average molecular weight is 282 g/mol. The summed E-state index contributed by atoms with van der Waals surface area (Å²) in [7, 11) is -2.68. The second-order valence-corrected chi connectivity index (χ2v) is 3.58. The summed E-state index contributed by atoms with van der Waals surface area (Å²) in [6.07, 6.45) is 0.675. The molecule has 1 atom stereocenters. The number of rotatable bonds is 6. The largest absolute Gasteiger partial charge is 0.480 e. The minimum absolute atomic E-state index is 0. The van der Waals surface area contributed by atoms with Gasteiger partial charge < -0.3 is 15.5 Å². The first-order valence-corrected chi connectivity index (χ1v) is 5.14. The van der Waals surface area contributed by atoms with Gasteiger partial charge in [-0.25, -0.2) is 0 Å². The normalized spacial score (nSPS) is 11.3. The van der Waals surface area contributed by atoms with Gasteiger partial charge in [0.15, 0.2) is 0 Å². The van der Waals surface area contributed by atoms with E-state index in [-0.39, 0.29) is 16.5 Å². The molecule has 0 rings (SSSR count). The Bertz CT molecular complexity index is 318. The fourth-order valence-electron chi connectivity index (χ4n) is 0.868. The van der Waals surface area contributed by atoms with Crippen LogP contribution in [-0.2, 0) is 31.6 Å². The van der Waals surface area contributed by atoms with Crippen LogP contribution in [0.5, 0.6) is 0 Å². The molecule has 8 heteroatoms. The van der Waals surface area contributed by atoms with Crippen molar-refractivity contribution in [2.75, 3.05) is 13.2 Å². The SMILES string of the molecule is CCCN[C@H](C(=O)O)C(CO)=S(=O)=O.[Ni]. The second-order valence-electron chi connectivity index (χ2n) is 2.58. The Hall–Kier alpha value is -0.426. The van der Waals surface area contributed by atoms with E-state index in [4.69, 9.17) is 10.2 Å². The predicted molar refractivity (Wildman–Crippen MR) is 50.7 cm³/mol. The van der Waals surface area contributed by atoms with E-state index in [0.29, 0.717) is 13.0 Å². The average Bonchev–Trinajstić information content (AvgIpc) is 2.10. The third kappa shape index (κ3) is 5.89. The summed E-state index contributed by atoms with van der Waals surface area (Å²) < 4.78 is 21.1. The number of aliphatic hydroxyl groups is 1. The molecule has 6 nitrogen and oxygen atoms in total. The van der Waals surface area contributed by atoms with Gasteiger partial charge in [0.2, 0.25) is 10.3 Å². The molecule has 0 amide bonds. The van der Waals surface area contributed by atoms with Crippen molar-refractivity contribution in [2.24, 2.45) is 0 Å². The first-order chi connectivity index (χ1) is 6.54. The van der Waals surface area contributed by atoms with Crippen LogP contribution < -0.4 is 5.32 Å². The summed E-state index contributed by atoms with van der Waals surface area (Å²) in [5.74, 6) is -1.31. The fourth-order valence-corrected chi connectivity index (χ4v) is 1.35. The molecule has 0 bridgehead atoms. The van der Waals surface area contributed by atoms with Crippen LogP contribution in [0.25, 0.3) is 0 Å². The molecule has 0 aromatic carbocycles. The molecule has 0 aromatic heterocycles. The topological polar surface area (TPSA) is 104 Å². The van der Waals surface area contributed by atoms with Crippen molar-refractivity contribution in [2.45, 2.75) is 19.4 Å². The molecule has 0 aliphatic rings. The van der Waals surface area contributed by atoms with E-state index in [1.54, 1.807) is 0 Å². The van der Waals surface area contributed by atoms with Gasteiger partial charge in [0.05, 0.1) is 6.61 Å². The quantitative estimate of drug-likeness (QED) is 0.404. The van der Waals surface area contributed by atoms with Gasteiger partial charge in [-0.15, -0.1) is 0 Å². The second kappa shape index (κ2) is 8.85. The predicted octanol–water partition coefficient (Wildman–Crippen LogP) is -1.52. The molecule has 0 heterocycles. The molecule has 0 radical (unpaired) electrons. The van der Waals surface area contributed by atoms with Gasteiger partial charge in [-0.05, 0) is 13.0 Å². The molecule has 0 unspecified atom stereocenters. The van der Waals surface area contributed by atoms with Gasteiger partial charge in [-0.2, -0.15) is 8.42 Å². The van der Waals surface area contributed by atoms with E-state index in [1.165, 1.54) is 0 Å². The van der Waals surface area contributed by atoms with Gasteiger partial charge >= 0.3 is 5.97 Å². The molecule has 0 aromatic rings. The van der Waals surface area contributed by atoms with Crippen LogP contribution in [0.2, 0.25) is 0 Å². The van der Waals surface area contributed by atoms with E-state index in [2.05, 4.69) is 5.32 Å². The van der Waals surface area contributed by atoms with Gasteiger partial charge in [-0.3, -0.25) is 4.79 Å². The van der Waals surface area contributed by atoms with Gasteiger partial charge in [0.25, 0.3) is 0 Å². The molecule has 0 saturated carbocycles. The van der Waals surface area contributed by atoms with Crippen LogP contribution in [-0.4, -0.2) is 48.7 Å². The maximum Gasteiger partial charge on any atom is 0.326 e. The summed E-state index contributed by atoms with van der Waals surface area (Å²) in [5.41, 5.74) is 0. The maximum absolute atomic E-state index is 10.6. The number of hydrogen-bond donors (Lipinski definition) is 3. The van der Waals surface area contributed by atoms with Crippen LogP contribution in [0, 0.1) is 0 Å². The van der Waals surface area contributed by atoms with E-state index >= 15 is 0 Å². The summed E-state index contributed by atoms with van der Waals surface area (Å²) in [6, 6.07) is -1.33. The Kier molecular flexibility index (Phi) is 10.0. The van der Waals surface area contributed by atoms with Crippen LogP contribution in [0.4, 0.5) is 0 Å². The minimum atomic E-state index is -2.68. The van der Waals surface area contributed by atoms with E-state index in [9.17, 15) is 13.2 Å². The molecule has 92 valence electrons. The van der Waals surface area contributed by atoms with E-state index < -0.39 is 33.8 Å². The van der Waals surface area contributed by atoms with Crippen LogP contribution in [0.15, 0.2) is 0 Å². The van der Waals surface area contributed by atoms with Crippen molar-refractivity contribution >= 4 is 21.1 Å². The Morgan fingerprint density at radius 3 is 2.27 bits per heavy atom. The smallest absolute Gasteiger partial charge is 0.326 e. The number of carbonyl (C=O) groups is 1. The number of hydrogen-bond acceptors (Lipinski definition) is 5. The van der Waals surface area contributed by atoms with Crippen molar-refractivity contribution in [3.63, 3.8) is 0 Å². The molecular formula is C7H13NNiO5S. The molecule has 0 aliphatic carbocycles. The molecule has 3 N–H and O–H groups in total. The van der Waals surface area contributed by atoms with E-state index in [1.807, 2.05) is 6.92 Å². The Balaban J connectivity index is 0. The first-order valence-electron chi connectivity index (χ1n) is 4.06. The van der Waals surface area contributed by atoms with Crippen LogP contribution in [0.3, 0.4) is 0 Å². The van der Waals surface area contributed by atoms with Crippen molar-refractivity contribution in [3.05, 3.63) is 0 Å². The zero-order valence-electron chi connectivity index (χ0n) is 8.04. The number of carboxylic acid groups (broad SMARTS) is 1. The van der Waals surface area contributed by atoms with Crippen molar-refractivity contribution in [3.8, 4) is 0 Å². The summed E-state index contributed by atoms with van der Waals surface area (Å²) in [5, 5.41) is 19.9. The molecule has 0 spiro atoms. The Morgan fingerprint density at radius 1 is 1.47 bits per heavy atom. The third-order valence-corrected chi connectivity index (χ3v) is 2.33. The van der Waals surface area contributed by atoms with Gasteiger partial charge in [0.1, 0.15) is 10.9 Å². The van der Waals surface area contributed by atoms with Crippen molar-refractivity contribution in [1.82, 2.24) is 5.32 Å².